The zero-order valence-corrected chi connectivity index (χ0v) is 25.9. The number of hydrogen-bond donors (Lipinski definition) is 2. The highest BCUT2D eigenvalue weighted by Gasteiger charge is 2.56. The molecule has 5 aliphatic rings. The lowest BCUT2D eigenvalue weighted by molar-refractivity contribution is -0.129. The molecule has 3 fully saturated rings. The van der Waals surface area contributed by atoms with Crippen molar-refractivity contribution in [3.63, 3.8) is 0 Å². The molecule has 11 heteroatoms. The van der Waals surface area contributed by atoms with Crippen LogP contribution in [0.25, 0.3) is 10.4 Å². The molecule has 11 nitrogen and oxygen atoms in total. The largest absolute Gasteiger partial charge is 0.470 e. The van der Waals surface area contributed by atoms with E-state index < -0.39 is 11.6 Å². The third kappa shape index (κ3) is 8.31. The fourth-order valence-corrected chi connectivity index (χ4v) is 7.75. The third-order valence-electron chi connectivity index (χ3n) is 10.2. The van der Waals surface area contributed by atoms with Crippen LogP contribution in [0.15, 0.2) is 21.4 Å². The van der Waals surface area contributed by atoms with Gasteiger partial charge < -0.3 is 24.6 Å². The second kappa shape index (κ2) is 16.2. The second-order valence-electron chi connectivity index (χ2n) is 13.1. The molecule has 43 heavy (non-hydrogen) atoms. The van der Waals surface area contributed by atoms with Crippen molar-refractivity contribution in [1.29, 1.82) is 0 Å². The van der Waals surface area contributed by atoms with Crippen molar-refractivity contribution < 1.29 is 24.1 Å². The van der Waals surface area contributed by atoms with Crippen LogP contribution in [-0.4, -0.2) is 92.2 Å². The zero-order valence-electron chi connectivity index (χ0n) is 25.9. The fraction of sp³-hybridized carbons (Fsp3) is 0.875. The van der Waals surface area contributed by atoms with Gasteiger partial charge in [0, 0.05) is 55.9 Å². The molecular formula is C32H52N6O5. The van der Waals surface area contributed by atoms with Crippen LogP contribution >= 0.6 is 0 Å². The van der Waals surface area contributed by atoms with Crippen LogP contribution in [0.2, 0.25) is 0 Å². The number of nitrogens with one attached hydrogen (secondary N) is 1. The van der Waals surface area contributed by atoms with Crippen LogP contribution in [0, 0.1) is 11.8 Å². The molecule has 1 amide bonds. The minimum absolute atomic E-state index is 0.0503. The maximum absolute atomic E-state index is 14.5. The van der Waals surface area contributed by atoms with Gasteiger partial charge in [-0.25, -0.2) is 4.99 Å². The van der Waals surface area contributed by atoms with Crippen molar-refractivity contribution in [3.8, 4) is 0 Å². The Hall–Kier alpha value is -2.17. The Bertz CT molecular complexity index is 1030. The average Bonchev–Trinajstić information content (AvgIpc) is 3.43. The third-order valence-corrected chi connectivity index (χ3v) is 10.2. The lowest BCUT2D eigenvalue weighted by Gasteiger charge is -2.37. The normalized spacial score (nSPS) is 30.8. The zero-order chi connectivity index (χ0) is 29.9. The number of allylic oxidation sites excluding steroid dienone is 1. The highest BCUT2D eigenvalue weighted by atomic mass is 16.5. The Balaban J connectivity index is 1.42. The van der Waals surface area contributed by atoms with Crippen LogP contribution in [-0.2, 0) is 19.0 Å². The van der Waals surface area contributed by atoms with Crippen LogP contribution in [0.4, 0.5) is 0 Å². The summed E-state index contributed by atoms with van der Waals surface area (Å²) in [6.07, 6.45) is 13.9. The van der Waals surface area contributed by atoms with Gasteiger partial charge in [0.1, 0.15) is 0 Å². The predicted octanol–water partition coefficient (Wildman–Crippen LogP) is 5.04. The molecule has 1 saturated heterocycles. The summed E-state index contributed by atoms with van der Waals surface area (Å²) in [7, 11) is 0. The number of morpholine rings is 1. The number of rotatable bonds is 13. The number of hydrogen-bond acceptors (Lipinski definition) is 8. The van der Waals surface area contributed by atoms with Crippen molar-refractivity contribution in [1.82, 2.24) is 10.2 Å². The molecule has 0 spiro atoms. The minimum Gasteiger partial charge on any atom is -0.470 e. The van der Waals surface area contributed by atoms with Crippen molar-refractivity contribution in [3.05, 3.63) is 21.7 Å². The smallest absolute Gasteiger partial charge is 0.252 e. The molecule has 0 aromatic rings. The number of carbonyl (C=O) groups is 1. The van der Waals surface area contributed by atoms with Crippen LogP contribution in [0.1, 0.15) is 96.3 Å². The molecule has 0 radical (unpaired) electrons. The highest BCUT2D eigenvalue weighted by Crippen LogP contribution is 2.46. The topological polar surface area (TPSA) is 141 Å². The van der Waals surface area contributed by atoms with E-state index in [1.807, 2.05) is 0 Å². The van der Waals surface area contributed by atoms with E-state index in [4.69, 9.17) is 24.3 Å². The number of azide groups is 1. The van der Waals surface area contributed by atoms with Gasteiger partial charge in [0.05, 0.1) is 19.3 Å². The second-order valence-corrected chi connectivity index (χ2v) is 13.1. The molecule has 0 bridgehead atoms. The molecular weight excluding hydrogens is 548 g/mol. The first-order valence-corrected chi connectivity index (χ1v) is 17.0. The number of nitrogens with zero attached hydrogens (tertiary/aromatic N) is 5. The van der Waals surface area contributed by atoms with Gasteiger partial charge in [-0.1, -0.05) is 37.2 Å². The Labute approximate surface area is 256 Å². The summed E-state index contributed by atoms with van der Waals surface area (Å²) in [5.41, 5.74) is 10.1. The molecule has 2 aliphatic heterocycles. The Morgan fingerprint density at radius 1 is 1.09 bits per heavy atom. The lowest BCUT2D eigenvalue weighted by Crippen LogP contribution is -2.55. The summed E-state index contributed by atoms with van der Waals surface area (Å²) in [4.78, 5) is 25.4. The summed E-state index contributed by atoms with van der Waals surface area (Å²) in [6, 6.07) is 0. The maximum Gasteiger partial charge on any atom is 0.252 e. The van der Waals surface area contributed by atoms with Crippen LogP contribution in [0.5, 0.6) is 0 Å². The molecule has 2 atom stereocenters. The number of aliphatic hydroxyl groups is 1. The first-order chi connectivity index (χ1) is 21.1. The summed E-state index contributed by atoms with van der Waals surface area (Å²) in [5, 5.41) is 16.6. The van der Waals surface area contributed by atoms with Crippen molar-refractivity contribution in [2.24, 2.45) is 21.9 Å². The molecule has 240 valence electrons. The number of aliphatic imine (C=N–C) groups is 1. The SMILES string of the molecule is [N-]=[N+]=NC1=C([C@@H]2OC(C3CCC(OCCCO)CC3)=N[C@]2(CC2CCCCC2)C(=O)NCCN2CCOCC2)CCCC1. The van der Waals surface area contributed by atoms with Crippen LogP contribution < -0.4 is 5.32 Å². The first kappa shape index (κ1) is 32.2. The number of ether oxygens (including phenoxy) is 3. The molecule has 0 aromatic carbocycles. The van der Waals surface area contributed by atoms with Gasteiger partial charge in [0.15, 0.2) is 17.5 Å². The summed E-state index contributed by atoms with van der Waals surface area (Å²) in [6.45, 7) is 5.29. The average molecular weight is 601 g/mol. The van der Waals surface area contributed by atoms with Gasteiger partial charge in [-0.15, -0.1) is 0 Å². The van der Waals surface area contributed by atoms with E-state index in [1.54, 1.807) is 0 Å². The van der Waals surface area contributed by atoms with Crippen molar-refractivity contribution >= 4 is 11.8 Å². The van der Waals surface area contributed by atoms with Gasteiger partial charge in [-0.3, -0.25) is 9.69 Å². The molecule has 5 rings (SSSR count). The number of amides is 1. The molecule has 0 aromatic heterocycles. The number of carbonyl (C=O) groups excluding carboxylic acids is 1. The maximum atomic E-state index is 14.5. The molecule has 2 saturated carbocycles. The van der Waals surface area contributed by atoms with Crippen LogP contribution in [0.3, 0.4) is 0 Å². The predicted molar refractivity (Wildman–Crippen MR) is 165 cm³/mol. The molecule has 3 aliphatic carbocycles. The standard InChI is InChI=1S/C32H52N6O5/c33-37-36-28-10-5-4-9-27(28)29-32(23-24-7-2-1-3-8-24,31(40)34-15-16-38-17-21-41-22-18-38)35-30(43-29)25-11-13-26(14-12-25)42-20-6-19-39/h24-26,29,39H,1-23H2,(H,34,40)/t25?,26?,29-,32-/m0/s1. The molecule has 2 N–H and O–H groups in total. The monoisotopic (exact) mass is 600 g/mol. The van der Waals surface area contributed by atoms with Gasteiger partial charge >= 0.3 is 0 Å². The van der Waals surface area contributed by atoms with Crippen molar-refractivity contribution in [2.75, 3.05) is 52.6 Å². The van der Waals surface area contributed by atoms with Gasteiger partial charge in [-0.2, -0.15) is 0 Å². The van der Waals surface area contributed by atoms with Gasteiger partial charge in [0.25, 0.3) is 5.91 Å². The quantitative estimate of drug-likeness (QED) is 0.131. The minimum atomic E-state index is -1.06. The summed E-state index contributed by atoms with van der Waals surface area (Å²) in [5.74, 6) is 1.21. The molecule has 2 heterocycles. The Morgan fingerprint density at radius 2 is 1.86 bits per heavy atom. The highest BCUT2D eigenvalue weighted by molar-refractivity contribution is 5.94. The van der Waals surface area contributed by atoms with E-state index in [0.29, 0.717) is 44.2 Å². The Kier molecular flexibility index (Phi) is 12.2. The van der Waals surface area contributed by atoms with Gasteiger partial charge in [0.2, 0.25) is 0 Å². The van der Waals surface area contributed by atoms with E-state index >= 15 is 0 Å². The summed E-state index contributed by atoms with van der Waals surface area (Å²) < 4.78 is 18.4. The lowest BCUT2D eigenvalue weighted by atomic mass is 9.73. The first-order valence-electron chi connectivity index (χ1n) is 17.0. The summed E-state index contributed by atoms with van der Waals surface area (Å²) >= 11 is 0. The molecule has 0 unspecified atom stereocenters. The van der Waals surface area contributed by atoms with E-state index in [2.05, 4.69) is 20.2 Å². The van der Waals surface area contributed by atoms with E-state index in [9.17, 15) is 10.3 Å². The van der Waals surface area contributed by atoms with E-state index in [0.717, 1.165) is 102 Å². The van der Waals surface area contributed by atoms with Crippen molar-refractivity contribution in [2.45, 2.75) is 114 Å². The van der Waals surface area contributed by atoms with E-state index in [1.165, 1.54) is 19.3 Å². The van der Waals surface area contributed by atoms with Gasteiger partial charge in [-0.05, 0) is 81.2 Å². The van der Waals surface area contributed by atoms with E-state index in [-0.39, 0.29) is 24.5 Å². The Morgan fingerprint density at radius 3 is 2.60 bits per heavy atom. The fourth-order valence-electron chi connectivity index (χ4n) is 7.75. The number of aliphatic hydroxyl groups excluding tert-OH is 1.